The summed E-state index contributed by atoms with van der Waals surface area (Å²) in [5.41, 5.74) is 0. The molecule has 1 aliphatic heterocycles. The summed E-state index contributed by atoms with van der Waals surface area (Å²) in [5.74, 6) is 1.45. The second kappa shape index (κ2) is 6.93. The predicted molar refractivity (Wildman–Crippen MR) is 82.2 cm³/mol. The van der Waals surface area contributed by atoms with Gasteiger partial charge in [-0.2, -0.15) is 0 Å². The zero-order valence-corrected chi connectivity index (χ0v) is 12.2. The highest BCUT2D eigenvalue weighted by Crippen LogP contribution is 2.18. The number of amides is 1. The largest absolute Gasteiger partial charge is 0.488 e. The first kappa shape index (κ1) is 14.4. The molecule has 5 heteroatoms. The number of rotatable bonds is 4. The van der Waals surface area contributed by atoms with Crippen molar-refractivity contribution >= 4 is 12.0 Å². The van der Waals surface area contributed by atoms with Gasteiger partial charge in [0.2, 0.25) is 5.91 Å². The first-order chi connectivity index (χ1) is 10.8. The number of hydrogen-bond acceptors (Lipinski definition) is 4. The van der Waals surface area contributed by atoms with Gasteiger partial charge in [0.15, 0.2) is 0 Å². The lowest BCUT2D eigenvalue weighted by Gasteiger charge is -2.32. The van der Waals surface area contributed by atoms with Crippen molar-refractivity contribution in [1.82, 2.24) is 9.88 Å². The second-order valence-electron chi connectivity index (χ2n) is 5.20. The lowest BCUT2D eigenvalue weighted by molar-refractivity contribution is -0.128. The van der Waals surface area contributed by atoms with Crippen LogP contribution in [0.5, 0.6) is 5.75 Å². The highest BCUT2D eigenvalue weighted by atomic mass is 16.5. The van der Waals surface area contributed by atoms with E-state index in [9.17, 15) is 4.79 Å². The smallest absolute Gasteiger partial charge is 0.246 e. The summed E-state index contributed by atoms with van der Waals surface area (Å²) in [7, 11) is 0. The maximum Gasteiger partial charge on any atom is 0.246 e. The topological polar surface area (TPSA) is 55.6 Å². The standard InChI is InChI=1S/C17H18N2O3/c20-17(6-5-14-4-2-12-21-14)19-11-1-3-16(13-19)22-15-7-9-18-10-8-15/h2,4-10,12,16H,1,3,11,13H2/b6-5+. The first-order valence-corrected chi connectivity index (χ1v) is 7.38. The van der Waals surface area contributed by atoms with Gasteiger partial charge in [0, 0.05) is 25.0 Å². The van der Waals surface area contributed by atoms with Gasteiger partial charge in [0.05, 0.1) is 12.8 Å². The summed E-state index contributed by atoms with van der Waals surface area (Å²) in [6.45, 7) is 1.36. The van der Waals surface area contributed by atoms with E-state index in [1.807, 2.05) is 23.1 Å². The van der Waals surface area contributed by atoms with Gasteiger partial charge in [-0.15, -0.1) is 0 Å². The number of likely N-dealkylation sites (tertiary alicyclic amines) is 1. The molecule has 114 valence electrons. The Labute approximate surface area is 129 Å². The zero-order chi connectivity index (χ0) is 15.2. The van der Waals surface area contributed by atoms with Crippen molar-refractivity contribution in [1.29, 1.82) is 0 Å². The quantitative estimate of drug-likeness (QED) is 0.814. The monoisotopic (exact) mass is 298 g/mol. The summed E-state index contributed by atoms with van der Waals surface area (Å²) in [6.07, 6.45) is 10.1. The lowest BCUT2D eigenvalue weighted by atomic mass is 10.1. The molecule has 1 atom stereocenters. The van der Waals surface area contributed by atoms with E-state index in [1.54, 1.807) is 36.9 Å². The van der Waals surface area contributed by atoms with Crippen LogP contribution < -0.4 is 4.74 Å². The average molecular weight is 298 g/mol. The predicted octanol–water partition coefficient (Wildman–Crippen LogP) is 2.76. The highest BCUT2D eigenvalue weighted by molar-refractivity contribution is 5.91. The number of piperidine rings is 1. The number of aromatic nitrogens is 1. The Morgan fingerprint density at radius 2 is 2.23 bits per heavy atom. The number of hydrogen-bond donors (Lipinski definition) is 0. The second-order valence-corrected chi connectivity index (χ2v) is 5.20. The molecule has 22 heavy (non-hydrogen) atoms. The molecule has 1 aliphatic rings. The molecule has 2 aromatic heterocycles. The number of nitrogens with zero attached hydrogens (tertiary/aromatic N) is 2. The van der Waals surface area contributed by atoms with E-state index >= 15 is 0 Å². The van der Waals surface area contributed by atoms with Crippen molar-refractivity contribution < 1.29 is 13.9 Å². The van der Waals surface area contributed by atoms with Crippen molar-refractivity contribution in [3.8, 4) is 5.75 Å². The SMILES string of the molecule is O=C(/C=C/c1ccco1)N1CCCC(Oc2ccncc2)C1. The maximum absolute atomic E-state index is 12.2. The Hall–Kier alpha value is -2.56. The Balaban J connectivity index is 1.57. The van der Waals surface area contributed by atoms with E-state index in [4.69, 9.17) is 9.15 Å². The Bertz CT molecular complexity index is 623. The number of carbonyl (C=O) groups is 1. The van der Waals surface area contributed by atoms with E-state index in [1.165, 1.54) is 0 Å². The van der Waals surface area contributed by atoms with Crippen molar-refractivity contribution in [2.75, 3.05) is 13.1 Å². The molecule has 1 fully saturated rings. The molecule has 3 heterocycles. The Morgan fingerprint density at radius 3 is 3.00 bits per heavy atom. The molecule has 1 unspecified atom stereocenters. The highest BCUT2D eigenvalue weighted by Gasteiger charge is 2.23. The van der Waals surface area contributed by atoms with E-state index < -0.39 is 0 Å². The van der Waals surface area contributed by atoms with Crippen LogP contribution in [-0.2, 0) is 4.79 Å². The molecular weight excluding hydrogens is 280 g/mol. The summed E-state index contributed by atoms with van der Waals surface area (Å²) in [6, 6.07) is 7.27. The molecule has 0 aromatic carbocycles. The van der Waals surface area contributed by atoms with Crippen molar-refractivity contribution in [3.63, 3.8) is 0 Å². The summed E-state index contributed by atoms with van der Waals surface area (Å²) < 4.78 is 11.1. The van der Waals surface area contributed by atoms with Crippen LogP contribution in [0, 0.1) is 0 Å². The number of carbonyl (C=O) groups excluding carboxylic acids is 1. The molecule has 5 nitrogen and oxygen atoms in total. The van der Waals surface area contributed by atoms with Gasteiger partial charge in [-0.05, 0) is 43.2 Å². The van der Waals surface area contributed by atoms with Crippen molar-refractivity contribution in [3.05, 3.63) is 54.8 Å². The van der Waals surface area contributed by atoms with Crippen LogP contribution >= 0.6 is 0 Å². The number of ether oxygens (including phenoxy) is 1. The maximum atomic E-state index is 12.2. The van der Waals surface area contributed by atoms with Crippen LogP contribution in [0.15, 0.2) is 53.4 Å². The van der Waals surface area contributed by atoms with Gasteiger partial charge in [-0.25, -0.2) is 0 Å². The van der Waals surface area contributed by atoms with Gasteiger partial charge in [-0.3, -0.25) is 9.78 Å². The van der Waals surface area contributed by atoms with Crippen molar-refractivity contribution in [2.45, 2.75) is 18.9 Å². The van der Waals surface area contributed by atoms with Gasteiger partial charge >= 0.3 is 0 Å². The minimum Gasteiger partial charge on any atom is -0.488 e. The third-order valence-electron chi connectivity index (χ3n) is 3.58. The Morgan fingerprint density at radius 1 is 1.36 bits per heavy atom. The van der Waals surface area contributed by atoms with E-state index in [2.05, 4.69) is 4.98 Å². The number of pyridine rings is 1. The van der Waals surface area contributed by atoms with Crippen LogP contribution in [0.2, 0.25) is 0 Å². The fourth-order valence-electron chi connectivity index (χ4n) is 2.49. The third kappa shape index (κ3) is 3.75. The van der Waals surface area contributed by atoms with E-state index in [-0.39, 0.29) is 12.0 Å². The molecule has 2 aromatic rings. The fraction of sp³-hybridized carbons (Fsp3) is 0.294. The molecular formula is C17H18N2O3. The van der Waals surface area contributed by atoms with E-state index in [0.29, 0.717) is 12.3 Å². The molecule has 0 radical (unpaired) electrons. The molecule has 1 saturated heterocycles. The van der Waals surface area contributed by atoms with Crippen LogP contribution in [0.4, 0.5) is 0 Å². The van der Waals surface area contributed by atoms with Gasteiger partial charge in [0.25, 0.3) is 0 Å². The van der Waals surface area contributed by atoms with Crippen LogP contribution in [-0.4, -0.2) is 35.0 Å². The van der Waals surface area contributed by atoms with Crippen molar-refractivity contribution in [2.24, 2.45) is 0 Å². The first-order valence-electron chi connectivity index (χ1n) is 7.38. The summed E-state index contributed by atoms with van der Waals surface area (Å²) in [4.78, 5) is 18.0. The van der Waals surface area contributed by atoms with Gasteiger partial charge in [-0.1, -0.05) is 0 Å². The van der Waals surface area contributed by atoms with E-state index in [0.717, 1.165) is 25.1 Å². The molecule has 0 bridgehead atoms. The van der Waals surface area contributed by atoms with Crippen LogP contribution in [0.25, 0.3) is 6.08 Å². The molecule has 1 amide bonds. The van der Waals surface area contributed by atoms with Gasteiger partial charge in [0.1, 0.15) is 17.6 Å². The van der Waals surface area contributed by atoms with Crippen LogP contribution in [0.3, 0.4) is 0 Å². The average Bonchev–Trinajstić information content (AvgIpc) is 3.07. The fourth-order valence-corrected chi connectivity index (χ4v) is 2.49. The lowest BCUT2D eigenvalue weighted by Crippen LogP contribution is -2.43. The van der Waals surface area contributed by atoms with Gasteiger partial charge < -0.3 is 14.1 Å². The molecule has 3 rings (SSSR count). The minimum atomic E-state index is -0.0144. The normalized spacial score (nSPS) is 18.5. The molecule has 0 spiro atoms. The Kier molecular flexibility index (Phi) is 4.53. The molecule has 0 saturated carbocycles. The summed E-state index contributed by atoms with van der Waals surface area (Å²) >= 11 is 0. The zero-order valence-electron chi connectivity index (χ0n) is 12.2. The minimum absolute atomic E-state index is 0.0144. The number of furan rings is 1. The molecule has 0 N–H and O–H groups in total. The third-order valence-corrected chi connectivity index (χ3v) is 3.58. The summed E-state index contributed by atoms with van der Waals surface area (Å²) in [5, 5.41) is 0. The molecule has 0 aliphatic carbocycles. The van der Waals surface area contributed by atoms with Crippen LogP contribution in [0.1, 0.15) is 18.6 Å².